The predicted molar refractivity (Wildman–Crippen MR) is 92.2 cm³/mol. The Labute approximate surface area is 142 Å². The first-order valence-corrected chi connectivity index (χ1v) is 7.73. The quantitative estimate of drug-likeness (QED) is 0.658. The van der Waals surface area contributed by atoms with Gasteiger partial charge >= 0.3 is 11.9 Å². The van der Waals surface area contributed by atoms with Gasteiger partial charge in [0.25, 0.3) is 0 Å². The van der Waals surface area contributed by atoms with Gasteiger partial charge in [0.15, 0.2) is 0 Å². The minimum absolute atomic E-state index is 0.0612. The van der Waals surface area contributed by atoms with Gasteiger partial charge in [0, 0.05) is 5.69 Å². The number of amides is 1. The Kier molecular flexibility index (Phi) is 10.1. The Morgan fingerprint density at radius 2 is 1.46 bits per heavy atom. The molecule has 1 aromatic rings. The number of carbonyl (C=O) groups excluding carboxylic acids is 1. The maximum atomic E-state index is 11.9. The number of carboxylic acid groups (broad SMARTS) is 2. The van der Waals surface area contributed by atoms with Gasteiger partial charge in [0.1, 0.15) is 6.42 Å². The summed E-state index contributed by atoms with van der Waals surface area (Å²) in [4.78, 5) is 32.9. The van der Waals surface area contributed by atoms with Crippen molar-refractivity contribution in [3.05, 3.63) is 29.3 Å². The molecule has 1 aromatic carbocycles. The van der Waals surface area contributed by atoms with Gasteiger partial charge in [-0.05, 0) is 38.1 Å². The van der Waals surface area contributed by atoms with Crippen LogP contribution in [0.3, 0.4) is 0 Å². The first-order chi connectivity index (χ1) is 11.2. The Balaban J connectivity index is 0.000000640. The molecule has 1 rings (SSSR count). The fourth-order valence-electron chi connectivity index (χ4n) is 1.97. The Morgan fingerprint density at radius 1 is 1.00 bits per heavy atom. The fourth-order valence-corrected chi connectivity index (χ4v) is 1.97. The van der Waals surface area contributed by atoms with Gasteiger partial charge in [0.2, 0.25) is 5.91 Å². The summed E-state index contributed by atoms with van der Waals surface area (Å²) in [6.07, 6.45) is -0.806. The predicted octanol–water partition coefficient (Wildman–Crippen LogP) is 2.13. The number of nitrogens with zero attached hydrogens (tertiary/aromatic N) is 1. The van der Waals surface area contributed by atoms with E-state index in [4.69, 9.17) is 10.2 Å². The minimum Gasteiger partial charge on any atom is -0.481 e. The number of carboxylic acids is 2. The minimum atomic E-state index is -1.31. The van der Waals surface area contributed by atoms with Crippen molar-refractivity contribution < 1.29 is 24.6 Å². The summed E-state index contributed by atoms with van der Waals surface area (Å²) >= 11 is 0. The summed E-state index contributed by atoms with van der Waals surface area (Å²) in [5, 5.41) is 18.4. The smallest absolute Gasteiger partial charge is 0.314 e. The number of carbonyl (C=O) groups is 3. The standard InChI is InChI=1S/C14H22N2O.C3H4O4/c1-5-16(6-2)10-13(17)15-14-11(3)8-7-9-12(14)4;4-2(5)1-3(6)7/h7-9H,5-6,10H2,1-4H3,(H,15,17);1H2,(H,4,5)(H,6,7). The first-order valence-electron chi connectivity index (χ1n) is 7.73. The zero-order valence-electron chi connectivity index (χ0n) is 14.6. The average molecular weight is 338 g/mol. The fraction of sp³-hybridized carbons (Fsp3) is 0.471. The highest BCUT2D eigenvalue weighted by atomic mass is 16.4. The lowest BCUT2D eigenvalue weighted by Crippen LogP contribution is -2.33. The topological polar surface area (TPSA) is 107 Å². The molecule has 134 valence electrons. The molecule has 3 N–H and O–H groups in total. The summed E-state index contributed by atoms with van der Waals surface area (Å²) in [7, 11) is 0. The van der Waals surface area contributed by atoms with Crippen molar-refractivity contribution in [2.24, 2.45) is 0 Å². The number of aliphatic carboxylic acids is 2. The molecule has 0 bridgehead atoms. The number of likely N-dealkylation sites (N-methyl/N-ethyl adjacent to an activating group) is 1. The van der Waals surface area contributed by atoms with Crippen molar-refractivity contribution in [2.75, 3.05) is 25.0 Å². The zero-order valence-corrected chi connectivity index (χ0v) is 14.6. The number of rotatable bonds is 7. The van der Waals surface area contributed by atoms with Gasteiger partial charge < -0.3 is 15.5 Å². The average Bonchev–Trinajstić information content (AvgIpc) is 2.48. The summed E-state index contributed by atoms with van der Waals surface area (Å²) in [6, 6.07) is 6.03. The molecule has 0 heterocycles. The summed E-state index contributed by atoms with van der Waals surface area (Å²) in [6.45, 7) is 10.4. The van der Waals surface area contributed by atoms with Crippen molar-refractivity contribution >= 4 is 23.5 Å². The molecule has 0 saturated heterocycles. The maximum Gasteiger partial charge on any atom is 0.314 e. The number of benzene rings is 1. The number of hydrogen-bond donors (Lipinski definition) is 3. The Hall–Kier alpha value is -2.41. The lowest BCUT2D eigenvalue weighted by molar-refractivity contribution is -0.147. The van der Waals surface area contributed by atoms with Crippen molar-refractivity contribution in [3.63, 3.8) is 0 Å². The van der Waals surface area contributed by atoms with E-state index < -0.39 is 18.4 Å². The van der Waals surface area contributed by atoms with E-state index in [0.29, 0.717) is 6.54 Å². The normalized spacial score (nSPS) is 9.88. The Bertz CT molecular complexity index is 536. The second-order valence-electron chi connectivity index (χ2n) is 5.24. The van der Waals surface area contributed by atoms with Gasteiger partial charge in [0.05, 0.1) is 6.54 Å². The molecule has 0 radical (unpaired) electrons. The van der Waals surface area contributed by atoms with Gasteiger partial charge in [-0.15, -0.1) is 0 Å². The van der Waals surface area contributed by atoms with Crippen molar-refractivity contribution in [1.29, 1.82) is 0 Å². The molecule has 1 amide bonds. The second-order valence-corrected chi connectivity index (χ2v) is 5.24. The van der Waals surface area contributed by atoms with E-state index in [2.05, 4.69) is 24.1 Å². The summed E-state index contributed by atoms with van der Waals surface area (Å²) < 4.78 is 0. The van der Waals surface area contributed by atoms with Crippen LogP contribution in [0.5, 0.6) is 0 Å². The van der Waals surface area contributed by atoms with Crippen LogP contribution in [0.4, 0.5) is 5.69 Å². The molecule has 0 aromatic heterocycles. The number of para-hydroxylation sites is 1. The molecular formula is C17H26N2O5. The van der Waals surface area contributed by atoms with Crippen LogP contribution in [0.25, 0.3) is 0 Å². The third kappa shape index (κ3) is 8.89. The van der Waals surface area contributed by atoms with Crippen LogP contribution in [0, 0.1) is 13.8 Å². The van der Waals surface area contributed by atoms with Gasteiger partial charge in [-0.1, -0.05) is 32.0 Å². The number of hydrogen-bond acceptors (Lipinski definition) is 4. The summed E-state index contributed by atoms with van der Waals surface area (Å²) in [5.74, 6) is -2.56. The van der Waals surface area contributed by atoms with Crippen molar-refractivity contribution in [3.8, 4) is 0 Å². The van der Waals surface area contributed by atoms with Gasteiger partial charge in [-0.3, -0.25) is 19.3 Å². The molecule has 0 saturated carbocycles. The third-order valence-electron chi connectivity index (χ3n) is 3.31. The molecule has 24 heavy (non-hydrogen) atoms. The van der Waals surface area contributed by atoms with E-state index in [-0.39, 0.29) is 5.91 Å². The molecule has 7 nitrogen and oxygen atoms in total. The van der Waals surface area contributed by atoms with E-state index >= 15 is 0 Å². The monoisotopic (exact) mass is 338 g/mol. The lowest BCUT2D eigenvalue weighted by Gasteiger charge is -2.18. The molecule has 0 spiro atoms. The van der Waals surface area contributed by atoms with Crippen LogP contribution >= 0.6 is 0 Å². The van der Waals surface area contributed by atoms with Crippen LogP contribution in [0.15, 0.2) is 18.2 Å². The van der Waals surface area contributed by atoms with Gasteiger partial charge in [-0.2, -0.15) is 0 Å². The summed E-state index contributed by atoms with van der Waals surface area (Å²) in [5.41, 5.74) is 3.17. The first kappa shape index (κ1) is 21.6. The van der Waals surface area contributed by atoms with E-state index in [1.807, 2.05) is 32.0 Å². The SMILES string of the molecule is CCN(CC)CC(=O)Nc1c(C)cccc1C.O=C(O)CC(=O)O. The zero-order chi connectivity index (χ0) is 18.7. The largest absolute Gasteiger partial charge is 0.481 e. The Morgan fingerprint density at radius 3 is 1.79 bits per heavy atom. The molecular weight excluding hydrogens is 312 g/mol. The maximum absolute atomic E-state index is 11.9. The highest BCUT2D eigenvalue weighted by Gasteiger charge is 2.10. The van der Waals surface area contributed by atoms with E-state index in [0.717, 1.165) is 29.9 Å². The van der Waals surface area contributed by atoms with Crippen molar-refractivity contribution in [1.82, 2.24) is 4.90 Å². The van der Waals surface area contributed by atoms with Crippen molar-refractivity contribution in [2.45, 2.75) is 34.1 Å². The van der Waals surface area contributed by atoms with Crippen LogP contribution in [0.2, 0.25) is 0 Å². The lowest BCUT2D eigenvalue weighted by atomic mass is 10.1. The van der Waals surface area contributed by atoms with Crippen LogP contribution in [0.1, 0.15) is 31.4 Å². The number of aryl methyl sites for hydroxylation is 2. The van der Waals surface area contributed by atoms with Crippen LogP contribution < -0.4 is 5.32 Å². The van der Waals surface area contributed by atoms with E-state index in [1.165, 1.54) is 0 Å². The molecule has 0 unspecified atom stereocenters. The second kappa shape index (κ2) is 11.2. The molecule has 0 atom stereocenters. The molecule has 0 aliphatic rings. The van der Waals surface area contributed by atoms with Crippen LogP contribution in [-0.4, -0.2) is 52.6 Å². The third-order valence-corrected chi connectivity index (χ3v) is 3.31. The number of anilines is 1. The number of nitrogens with one attached hydrogen (secondary N) is 1. The highest BCUT2D eigenvalue weighted by Crippen LogP contribution is 2.19. The molecule has 0 aliphatic carbocycles. The van der Waals surface area contributed by atoms with Gasteiger partial charge in [-0.25, -0.2) is 0 Å². The molecule has 0 fully saturated rings. The highest BCUT2D eigenvalue weighted by molar-refractivity contribution is 5.93. The van der Waals surface area contributed by atoms with E-state index in [9.17, 15) is 14.4 Å². The molecule has 7 heteroatoms. The van der Waals surface area contributed by atoms with E-state index in [1.54, 1.807) is 0 Å². The molecule has 0 aliphatic heterocycles. The van der Waals surface area contributed by atoms with Crippen LogP contribution in [-0.2, 0) is 14.4 Å².